The molecule has 8 N–H and O–H groups in total. The molecule has 15 nitrogen and oxygen atoms in total. The van der Waals surface area contributed by atoms with Crippen molar-refractivity contribution in [2.75, 3.05) is 13.2 Å². The highest BCUT2D eigenvalue weighted by atomic mass is 32.3. The first kappa shape index (κ1) is 25.2. The predicted octanol–water partition coefficient (Wildman–Crippen LogP) is -5.43. The van der Waals surface area contributed by atoms with E-state index in [4.69, 9.17) is 18.8 Å². The lowest BCUT2D eigenvalue weighted by molar-refractivity contribution is -0.341. The van der Waals surface area contributed by atoms with Gasteiger partial charge in [-0.15, -0.1) is 0 Å². The van der Waals surface area contributed by atoms with Crippen molar-refractivity contribution in [2.45, 2.75) is 68.3 Å². The number of nitrogens with one attached hydrogen (secondary N) is 1. The van der Waals surface area contributed by atoms with Gasteiger partial charge in [0.05, 0.1) is 13.2 Å². The highest BCUT2D eigenvalue weighted by molar-refractivity contribution is 7.80. The molecule has 2 saturated heterocycles. The Balaban J connectivity index is 2.22. The Hall–Kier alpha value is -1.02. The Morgan fingerprint density at radius 1 is 1.00 bits per heavy atom. The molecule has 30 heavy (non-hydrogen) atoms. The lowest BCUT2D eigenvalue weighted by Gasteiger charge is -2.46. The summed E-state index contributed by atoms with van der Waals surface area (Å²) in [6.07, 6.45) is -15.4. The van der Waals surface area contributed by atoms with E-state index in [9.17, 15) is 43.9 Å². The fourth-order valence-corrected chi connectivity index (χ4v) is 3.42. The molecule has 0 bridgehead atoms. The quantitative estimate of drug-likeness (QED) is 0.164. The fraction of sp³-hybridized carbons (Fsp3) is 0.929. The second kappa shape index (κ2) is 10.1. The van der Waals surface area contributed by atoms with Gasteiger partial charge in [0, 0.05) is 6.92 Å². The van der Waals surface area contributed by atoms with Crippen molar-refractivity contribution in [3.05, 3.63) is 0 Å². The second-order valence-corrected chi connectivity index (χ2v) is 7.88. The first-order valence-corrected chi connectivity index (χ1v) is 10.1. The summed E-state index contributed by atoms with van der Waals surface area (Å²) in [5.41, 5.74) is 0. The van der Waals surface area contributed by atoms with Crippen LogP contribution in [-0.2, 0) is 33.6 Å². The van der Waals surface area contributed by atoms with Crippen LogP contribution in [-0.4, -0.2) is 124 Å². The van der Waals surface area contributed by atoms with Crippen LogP contribution in [0.3, 0.4) is 0 Å². The lowest BCUT2D eigenvalue weighted by atomic mass is 9.95. The molecule has 1 amide bonds. The summed E-state index contributed by atoms with van der Waals surface area (Å²) in [7, 11) is -4.91. The topological polar surface area (TPSA) is 242 Å². The summed E-state index contributed by atoms with van der Waals surface area (Å²) < 4.78 is 49.8. The van der Waals surface area contributed by atoms with Crippen LogP contribution in [0.4, 0.5) is 0 Å². The molecule has 0 aromatic carbocycles. The van der Waals surface area contributed by atoms with Crippen molar-refractivity contribution in [1.82, 2.24) is 5.32 Å². The van der Waals surface area contributed by atoms with E-state index in [1.807, 2.05) is 0 Å². The first-order valence-electron chi connectivity index (χ1n) is 8.72. The van der Waals surface area contributed by atoms with E-state index in [0.717, 1.165) is 6.92 Å². The third-order valence-corrected chi connectivity index (χ3v) is 5.02. The standard InChI is InChI=1S/C14H25NO14S/c1-4(17)15-7-12(9(19)5(2-16)27-13(7)22)29-14-11(21)10(20)8(18)6(28-14)3-26-30(23,24)25/h5-14,16,18-22H,2-3H2,1H3,(H,15,17)(H,23,24,25)/t5-,6-,7-,8+,9+,10+,11-,12-,13?,14+/m1/s1. The Bertz CT molecular complexity index is 690. The summed E-state index contributed by atoms with van der Waals surface area (Å²) in [5.74, 6) is -0.647. The van der Waals surface area contributed by atoms with Gasteiger partial charge >= 0.3 is 10.4 Å². The second-order valence-electron chi connectivity index (χ2n) is 6.79. The molecule has 0 saturated carbocycles. The zero-order valence-corrected chi connectivity index (χ0v) is 16.4. The van der Waals surface area contributed by atoms with Crippen molar-refractivity contribution < 1.29 is 66.8 Å². The van der Waals surface area contributed by atoms with Crippen LogP contribution < -0.4 is 5.32 Å². The molecule has 0 aliphatic carbocycles. The normalized spacial score (nSPS) is 42.7. The van der Waals surface area contributed by atoms with E-state index < -0.39 is 90.9 Å². The minimum atomic E-state index is -4.91. The average molecular weight is 463 g/mol. The van der Waals surface area contributed by atoms with Crippen molar-refractivity contribution >= 4 is 16.3 Å². The maximum atomic E-state index is 11.4. The summed E-state index contributed by atoms with van der Waals surface area (Å²) in [6.45, 7) is -0.606. The Morgan fingerprint density at radius 3 is 2.17 bits per heavy atom. The number of hydrogen-bond donors (Lipinski definition) is 8. The van der Waals surface area contributed by atoms with Gasteiger partial charge in [0.2, 0.25) is 5.91 Å². The van der Waals surface area contributed by atoms with Crippen LogP contribution in [0, 0.1) is 0 Å². The van der Waals surface area contributed by atoms with E-state index in [2.05, 4.69) is 9.50 Å². The molecule has 0 aromatic rings. The third-order valence-electron chi connectivity index (χ3n) is 4.58. The molecule has 2 fully saturated rings. The molecule has 10 atom stereocenters. The van der Waals surface area contributed by atoms with Gasteiger partial charge in [-0.1, -0.05) is 0 Å². The van der Waals surface area contributed by atoms with Crippen LogP contribution in [0.5, 0.6) is 0 Å². The van der Waals surface area contributed by atoms with Gasteiger partial charge in [-0.25, -0.2) is 4.18 Å². The SMILES string of the molecule is CC(=O)N[C@H]1C(O)O[C@H](CO)[C@H](O)[C@@H]1O[C@@H]1O[C@H](COS(=O)(=O)O)[C@H](O)[C@H](O)[C@H]1O. The summed E-state index contributed by atoms with van der Waals surface area (Å²) >= 11 is 0. The summed E-state index contributed by atoms with van der Waals surface area (Å²) in [4.78, 5) is 11.4. The van der Waals surface area contributed by atoms with Crippen LogP contribution in [0.15, 0.2) is 0 Å². The molecule has 1 unspecified atom stereocenters. The van der Waals surface area contributed by atoms with Gasteiger partial charge in [0.1, 0.15) is 48.8 Å². The van der Waals surface area contributed by atoms with Gasteiger partial charge in [0.25, 0.3) is 0 Å². The van der Waals surface area contributed by atoms with E-state index in [0.29, 0.717) is 0 Å². The number of carbonyl (C=O) groups excluding carboxylic acids is 1. The minimum absolute atomic E-state index is 0.647. The Kier molecular flexibility index (Phi) is 8.47. The maximum Gasteiger partial charge on any atom is 0.397 e. The molecule has 2 aliphatic heterocycles. The van der Waals surface area contributed by atoms with Gasteiger partial charge in [-0.05, 0) is 0 Å². The molecule has 0 aromatic heterocycles. The van der Waals surface area contributed by atoms with Crippen molar-refractivity contribution in [3.8, 4) is 0 Å². The van der Waals surface area contributed by atoms with E-state index in [1.54, 1.807) is 0 Å². The van der Waals surface area contributed by atoms with Gasteiger partial charge in [-0.3, -0.25) is 9.35 Å². The average Bonchev–Trinajstić information content (AvgIpc) is 2.65. The van der Waals surface area contributed by atoms with Crippen LogP contribution in [0.1, 0.15) is 6.92 Å². The Labute approximate surface area is 170 Å². The van der Waals surface area contributed by atoms with Crippen molar-refractivity contribution in [3.63, 3.8) is 0 Å². The van der Waals surface area contributed by atoms with Crippen LogP contribution >= 0.6 is 0 Å². The minimum Gasteiger partial charge on any atom is -0.394 e. The first-order chi connectivity index (χ1) is 13.9. The summed E-state index contributed by atoms with van der Waals surface area (Å²) in [5, 5.41) is 62.1. The number of ether oxygens (including phenoxy) is 3. The van der Waals surface area contributed by atoms with Gasteiger partial charge in [0.15, 0.2) is 12.6 Å². The maximum absolute atomic E-state index is 11.4. The zero-order valence-electron chi connectivity index (χ0n) is 15.6. The lowest BCUT2D eigenvalue weighted by Crippen LogP contribution is -2.67. The number of rotatable bonds is 7. The molecule has 0 spiro atoms. The third kappa shape index (κ3) is 6.02. The number of carbonyl (C=O) groups is 1. The monoisotopic (exact) mass is 463 g/mol. The van der Waals surface area contributed by atoms with Gasteiger partial charge < -0.3 is 50.2 Å². The number of aliphatic hydroxyl groups is 6. The van der Waals surface area contributed by atoms with Crippen LogP contribution in [0.2, 0.25) is 0 Å². The predicted molar refractivity (Wildman–Crippen MR) is 90.6 cm³/mol. The zero-order chi connectivity index (χ0) is 22.8. The molecule has 2 aliphatic rings. The fourth-order valence-electron chi connectivity index (χ4n) is 3.11. The molecule has 2 rings (SSSR count). The highest BCUT2D eigenvalue weighted by Crippen LogP contribution is 2.29. The van der Waals surface area contributed by atoms with Crippen molar-refractivity contribution in [2.24, 2.45) is 0 Å². The van der Waals surface area contributed by atoms with E-state index in [-0.39, 0.29) is 0 Å². The van der Waals surface area contributed by atoms with Crippen molar-refractivity contribution in [1.29, 1.82) is 0 Å². The number of amides is 1. The smallest absolute Gasteiger partial charge is 0.394 e. The van der Waals surface area contributed by atoms with Gasteiger partial charge in [-0.2, -0.15) is 8.42 Å². The Morgan fingerprint density at radius 2 is 1.63 bits per heavy atom. The largest absolute Gasteiger partial charge is 0.397 e. The molecule has 2 heterocycles. The molecular weight excluding hydrogens is 438 g/mol. The van der Waals surface area contributed by atoms with Crippen LogP contribution in [0.25, 0.3) is 0 Å². The molecule has 176 valence electrons. The number of hydrogen-bond acceptors (Lipinski definition) is 13. The molecule has 0 radical (unpaired) electrons. The molecule has 16 heteroatoms. The highest BCUT2D eigenvalue weighted by Gasteiger charge is 2.51. The van der Waals surface area contributed by atoms with E-state index in [1.165, 1.54) is 0 Å². The summed E-state index contributed by atoms with van der Waals surface area (Å²) in [6, 6.07) is -1.40. The number of aliphatic hydroxyl groups excluding tert-OH is 6. The van der Waals surface area contributed by atoms with E-state index >= 15 is 0 Å². The molecular formula is C14H25NO14S.